The van der Waals surface area contributed by atoms with E-state index < -0.39 is 6.10 Å². The van der Waals surface area contributed by atoms with Crippen LogP contribution in [0.1, 0.15) is 33.1 Å². The molecule has 0 spiro atoms. The zero-order chi connectivity index (χ0) is 13.1. The number of amides is 1. The SMILES string of the molecule is CCCCCN1C(=O)C(C)Oc2cc(N)ccc21. The van der Waals surface area contributed by atoms with E-state index in [1.165, 1.54) is 0 Å². The summed E-state index contributed by atoms with van der Waals surface area (Å²) in [5.41, 5.74) is 7.24. The van der Waals surface area contributed by atoms with E-state index in [1.54, 1.807) is 19.1 Å². The van der Waals surface area contributed by atoms with E-state index in [-0.39, 0.29) is 5.91 Å². The molecule has 1 heterocycles. The molecule has 1 aromatic rings. The molecule has 18 heavy (non-hydrogen) atoms. The Morgan fingerprint density at radius 1 is 1.39 bits per heavy atom. The highest BCUT2D eigenvalue weighted by Crippen LogP contribution is 2.35. The Kier molecular flexibility index (Phi) is 3.75. The van der Waals surface area contributed by atoms with Crippen LogP contribution < -0.4 is 15.4 Å². The minimum atomic E-state index is -0.430. The second kappa shape index (κ2) is 5.29. The number of hydrogen-bond acceptors (Lipinski definition) is 3. The lowest BCUT2D eigenvalue weighted by Crippen LogP contribution is -2.44. The molecule has 2 rings (SSSR count). The monoisotopic (exact) mass is 248 g/mol. The van der Waals surface area contributed by atoms with E-state index in [1.807, 2.05) is 11.0 Å². The zero-order valence-corrected chi connectivity index (χ0v) is 11.0. The molecule has 1 aromatic carbocycles. The van der Waals surface area contributed by atoms with Gasteiger partial charge in [-0.1, -0.05) is 19.8 Å². The summed E-state index contributed by atoms with van der Waals surface area (Å²) in [6.45, 7) is 4.68. The zero-order valence-electron chi connectivity index (χ0n) is 11.0. The van der Waals surface area contributed by atoms with Crippen LogP contribution in [0.2, 0.25) is 0 Å². The summed E-state index contributed by atoms with van der Waals surface area (Å²) in [6, 6.07) is 5.45. The molecular weight excluding hydrogens is 228 g/mol. The quantitative estimate of drug-likeness (QED) is 0.658. The van der Waals surface area contributed by atoms with Gasteiger partial charge < -0.3 is 15.4 Å². The van der Waals surface area contributed by atoms with E-state index in [4.69, 9.17) is 10.5 Å². The Morgan fingerprint density at radius 3 is 2.89 bits per heavy atom. The van der Waals surface area contributed by atoms with E-state index in [2.05, 4.69) is 6.92 Å². The fourth-order valence-electron chi connectivity index (χ4n) is 2.18. The van der Waals surface area contributed by atoms with Gasteiger partial charge in [-0.05, 0) is 25.5 Å². The van der Waals surface area contributed by atoms with Crippen molar-refractivity contribution in [3.8, 4) is 5.75 Å². The largest absolute Gasteiger partial charge is 0.479 e. The van der Waals surface area contributed by atoms with E-state index >= 15 is 0 Å². The predicted octanol–water partition coefficient (Wildman–Crippen LogP) is 2.57. The number of carbonyl (C=O) groups excluding carboxylic acids is 1. The molecule has 0 saturated carbocycles. The fraction of sp³-hybridized carbons (Fsp3) is 0.500. The summed E-state index contributed by atoms with van der Waals surface area (Å²) in [5, 5.41) is 0. The van der Waals surface area contributed by atoms with Crippen LogP contribution in [0.4, 0.5) is 11.4 Å². The lowest BCUT2D eigenvalue weighted by molar-refractivity contribution is -0.125. The second-order valence-corrected chi connectivity index (χ2v) is 4.68. The van der Waals surface area contributed by atoms with Crippen molar-refractivity contribution in [2.45, 2.75) is 39.2 Å². The molecule has 0 aromatic heterocycles. The summed E-state index contributed by atoms with van der Waals surface area (Å²) in [5.74, 6) is 0.738. The van der Waals surface area contributed by atoms with Crippen molar-refractivity contribution >= 4 is 17.3 Å². The van der Waals surface area contributed by atoms with E-state index in [0.29, 0.717) is 11.4 Å². The molecule has 0 fully saturated rings. The number of fused-ring (bicyclic) bond motifs is 1. The molecule has 0 radical (unpaired) electrons. The third-order valence-electron chi connectivity index (χ3n) is 3.18. The van der Waals surface area contributed by atoms with Crippen LogP contribution in [0.25, 0.3) is 0 Å². The van der Waals surface area contributed by atoms with Gasteiger partial charge in [0.2, 0.25) is 0 Å². The average Bonchev–Trinajstić information content (AvgIpc) is 2.34. The van der Waals surface area contributed by atoms with Gasteiger partial charge in [0.05, 0.1) is 5.69 Å². The minimum Gasteiger partial charge on any atom is -0.479 e. The number of nitrogens with two attached hydrogens (primary N) is 1. The van der Waals surface area contributed by atoms with Crippen LogP contribution in [-0.2, 0) is 4.79 Å². The van der Waals surface area contributed by atoms with Gasteiger partial charge in [-0.25, -0.2) is 0 Å². The molecule has 98 valence electrons. The molecule has 1 aliphatic heterocycles. The molecular formula is C14H20N2O2. The van der Waals surface area contributed by atoms with Gasteiger partial charge in [0, 0.05) is 18.3 Å². The Bertz CT molecular complexity index is 445. The number of nitrogen functional groups attached to an aromatic ring is 1. The van der Waals surface area contributed by atoms with Gasteiger partial charge in [0.1, 0.15) is 5.75 Å². The normalized spacial score (nSPS) is 18.4. The minimum absolute atomic E-state index is 0.0309. The maximum atomic E-state index is 12.1. The number of anilines is 2. The van der Waals surface area contributed by atoms with Crippen molar-refractivity contribution in [1.82, 2.24) is 0 Å². The highest BCUT2D eigenvalue weighted by Gasteiger charge is 2.30. The van der Waals surface area contributed by atoms with E-state index in [0.717, 1.165) is 31.5 Å². The number of hydrogen-bond donors (Lipinski definition) is 1. The van der Waals surface area contributed by atoms with Crippen LogP contribution in [-0.4, -0.2) is 18.6 Å². The number of benzene rings is 1. The second-order valence-electron chi connectivity index (χ2n) is 4.68. The molecule has 1 aliphatic rings. The topological polar surface area (TPSA) is 55.6 Å². The Hall–Kier alpha value is -1.71. The van der Waals surface area contributed by atoms with Gasteiger partial charge in [-0.2, -0.15) is 0 Å². The highest BCUT2D eigenvalue weighted by molar-refractivity contribution is 6.00. The van der Waals surface area contributed by atoms with Crippen molar-refractivity contribution in [3.63, 3.8) is 0 Å². The Balaban J connectivity index is 2.24. The summed E-state index contributed by atoms with van der Waals surface area (Å²) in [7, 11) is 0. The molecule has 0 saturated heterocycles. The third kappa shape index (κ3) is 2.42. The molecule has 2 N–H and O–H groups in total. The first kappa shape index (κ1) is 12.7. The van der Waals surface area contributed by atoms with Crippen LogP contribution in [0.3, 0.4) is 0 Å². The maximum absolute atomic E-state index is 12.1. The lowest BCUT2D eigenvalue weighted by atomic mass is 10.1. The van der Waals surface area contributed by atoms with Crippen molar-refractivity contribution < 1.29 is 9.53 Å². The van der Waals surface area contributed by atoms with E-state index in [9.17, 15) is 4.79 Å². The molecule has 0 aliphatic carbocycles. The molecule has 1 unspecified atom stereocenters. The molecule has 1 amide bonds. The van der Waals surface area contributed by atoms with Crippen molar-refractivity contribution in [1.29, 1.82) is 0 Å². The van der Waals surface area contributed by atoms with Crippen LogP contribution in [0, 0.1) is 0 Å². The molecule has 4 heteroatoms. The van der Waals surface area contributed by atoms with Crippen LogP contribution >= 0.6 is 0 Å². The molecule has 1 atom stereocenters. The van der Waals surface area contributed by atoms with Crippen molar-refractivity contribution in [3.05, 3.63) is 18.2 Å². The molecule has 4 nitrogen and oxygen atoms in total. The van der Waals surface area contributed by atoms with Gasteiger partial charge in [0.25, 0.3) is 5.91 Å². The lowest BCUT2D eigenvalue weighted by Gasteiger charge is -2.33. The number of carbonyl (C=O) groups is 1. The Morgan fingerprint density at radius 2 is 2.17 bits per heavy atom. The van der Waals surface area contributed by atoms with Gasteiger partial charge in [0.15, 0.2) is 6.10 Å². The summed E-state index contributed by atoms with van der Waals surface area (Å²) < 4.78 is 5.59. The highest BCUT2D eigenvalue weighted by atomic mass is 16.5. The third-order valence-corrected chi connectivity index (χ3v) is 3.18. The molecule has 0 bridgehead atoms. The average molecular weight is 248 g/mol. The van der Waals surface area contributed by atoms with Crippen LogP contribution in [0.15, 0.2) is 18.2 Å². The predicted molar refractivity (Wildman–Crippen MR) is 72.8 cm³/mol. The van der Waals surface area contributed by atoms with Gasteiger partial charge in [-0.3, -0.25) is 4.79 Å². The first-order valence-corrected chi connectivity index (χ1v) is 6.51. The first-order chi connectivity index (χ1) is 8.63. The van der Waals surface area contributed by atoms with Gasteiger partial charge >= 0.3 is 0 Å². The number of nitrogens with zero attached hydrogens (tertiary/aromatic N) is 1. The summed E-state index contributed by atoms with van der Waals surface area (Å²) >= 11 is 0. The van der Waals surface area contributed by atoms with Crippen LogP contribution in [0.5, 0.6) is 5.75 Å². The van der Waals surface area contributed by atoms with Crippen molar-refractivity contribution in [2.24, 2.45) is 0 Å². The Labute approximate surface area is 108 Å². The first-order valence-electron chi connectivity index (χ1n) is 6.51. The standard InChI is InChI=1S/C14H20N2O2/c1-3-4-5-8-16-12-7-6-11(15)9-13(12)18-10(2)14(16)17/h6-7,9-10H,3-5,8,15H2,1-2H3. The number of ether oxygens (including phenoxy) is 1. The summed E-state index contributed by atoms with van der Waals surface area (Å²) in [4.78, 5) is 14.0. The smallest absolute Gasteiger partial charge is 0.267 e. The maximum Gasteiger partial charge on any atom is 0.267 e. The number of unbranched alkanes of at least 4 members (excludes halogenated alkanes) is 2. The van der Waals surface area contributed by atoms with Gasteiger partial charge in [-0.15, -0.1) is 0 Å². The fourth-order valence-corrected chi connectivity index (χ4v) is 2.18. The summed E-state index contributed by atoms with van der Waals surface area (Å²) in [6.07, 6.45) is 2.85. The van der Waals surface area contributed by atoms with Crippen molar-refractivity contribution in [2.75, 3.05) is 17.2 Å². The number of rotatable bonds is 4.